The van der Waals surface area contributed by atoms with Gasteiger partial charge in [-0.25, -0.2) is 4.68 Å². The van der Waals surface area contributed by atoms with Gasteiger partial charge in [-0.1, -0.05) is 0 Å². The van der Waals surface area contributed by atoms with E-state index in [2.05, 4.69) is 41.2 Å². The lowest BCUT2D eigenvalue weighted by Crippen LogP contribution is -2.17. The van der Waals surface area contributed by atoms with Gasteiger partial charge in [0.15, 0.2) is 0 Å². The first-order valence-corrected chi connectivity index (χ1v) is 6.00. The number of aromatic nitrogens is 3. The van der Waals surface area contributed by atoms with Crippen LogP contribution in [-0.2, 0) is 13.6 Å². The average Bonchev–Trinajstić information content (AvgIpc) is 2.77. The second-order valence-electron chi connectivity index (χ2n) is 4.48. The zero-order valence-electron chi connectivity index (χ0n) is 11.6. The van der Waals surface area contributed by atoms with Crippen LogP contribution >= 0.6 is 0 Å². The molecule has 0 aliphatic rings. The van der Waals surface area contributed by atoms with Crippen molar-refractivity contribution in [1.82, 2.24) is 14.5 Å². The summed E-state index contributed by atoms with van der Waals surface area (Å²) in [5.74, 6) is 0.808. The molecule has 18 heavy (non-hydrogen) atoms. The molecule has 2 aromatic rings. The standard InChI is InChI=1S/C13H20N4O/c1-9-6-7-10(2)17(9)14-8-12-11(3)15-16(4)13(12)18-5/h6-7,14H,8H2,1-5H3. The van der Waals surface area contributed by atoms with Crippen molar-refractivity contribution in [2.24, 2.45) is 7.05 Å². The molecule has 2 heterocycles. The van der Waals surface area contributed by atoms with E-state index in [9.17, 15) is 0 Å². The maximum Gasteiger partial charge on any atom is 0.216 e. The van der Waals surface area contributed by atoms with Crippen molar-refractivity contribution in [3.05, 3.63) is 34.8 Å². The number of aryl methyl sites for hydroxylation is 4. The Labute approximate surface area is 107 Å². The van der Waals surface area contributed by atoms with Crippen molar-refractivity contribution in [1.29, 1.82) is 0 Å². The van der Waals surface area contributed by atoms with E-state index in [1.807, 2.05) is 14.0 Å². The minimum absolute atomic E-state index is 0.694. The van der Waals surface area contributed by atoms with Crippen molar-refractivity contribution in [3.63, 3.8) is 0 Å². The Balaban J connectivity index is 2.21. The van der Waals surface area contributed by atoms with Crippen molar-refractivity contribution >= 4 is 0 Å². The second-order valence-corrected chi connectivity index (χ2v) is 4.48. The maximum atomic E-state index is 5.38. The van der Waals surface area contributed by atoms with Crippen molar-refractivity contribution in [2.45, 2.75) is 27.3 Å². The lowest BCUT2D eigenvalue weighted by atomic mass is 10.2. The minimum atomic E-state index is 0.694. The number of hydrogen-bond acceptors (Lipinski definition) is 3. The Kier molecular flexibility index (Phi) is 3.32. The molecule has 1 N–H and O–H groups in total. The van der Waals surface area contributed by atoms with Gasteiger partial charge >= 0.3 is 0 Å². The highest BCUT2D eigenvalue weighted by Gasteiger charge is 2.13. The molecule has 0 radical (unpaired) electrons. The Morgan fingerprint density at radius 1 is 1.22 bits per heavy atom. The summed E-state index contributed by atoms with van der Waals surface area (Å²) in [4.78, 5) is 0. The molecule has 0 unspecified atom stereocenters. The van der Waals surface area contributed by atoms with Crippen LogP contribution in [-0.4, -0.2) is 21.6 Å². The molecule has 0 saturated carbocycles. The Hall–Kier alpha value is -1.91. The first kappa shape index (κ1) is 12.5. The third kappa shape index (κ3) is 2.08. The molecule has 0 saturated heterocycles. The van der Waals surface area contributed by atoms with E-state index in [1.54, 1.807) is 11.8 Å². The van der Waals surface area contributed by atoms with Gasteiger partial charge in [-0.05, 0) is 32.9 Å². The molecule has 0 aliphatic carbocycles. The highest BCUT2D eigenvalue weighted by molar-refractivity contribution is 5.32. The van der Waals surface area contributed by atoms with E-state index in [1.165, 1.54) is 11.4 Å². The summed E-state index contributed by atoms with van der Waals surface area (Å²) in [6.45, 7) is 6.84. The summed E-state index contributed by atoms with van der Waals surface area (Å²) in [5, 5.41) is 4.37. The van der Waals surface area contributed by atoms with Gasteiger partial charge in [0.1, 0.15) is 0 Å². The Bertz CT molecular complexity index is 534. The second kappa shape index (κ2) is 4.76. The van der Waals surface area contributed by atoms with Gasteiger partial charge < -0.3 is 10.2 Å². The predicted octanol–water partition coefficient (Wildman–Crippen LogP) is 1.90. The van der Waals surface area contributed by atoms with Gasteiger partial charge in [0.05, 0.1) is 24.9 Å². The molecule has 0 amide bonds. The number of nitrogens with one attached hydrogen (secondary N) is 1. The van der Waals surface area contributed by atoms with Crippen LogP contribution in [0.2, 0.25) is 0 Å². The number of methoxy groups -OCH3 is 1. The van der Waals surface area contributed by atoms with E-state index in [0.717, 1.165) is 17.1 Å². The summed E-state index contributed by atoms with van der Waals surface area (Å²) >= 11 is 0. The van der Waals surface area contributed by atoms with Crippen molar-refractivity contribution < 1.29 is 4.74 Å². The van der Waals surface area contributed by atoms with E-state index in [0.29, 0.717) is 6.54 Å². The van der Waals surface area contributed by atoms with Crippen LogP contribution in [0.3, 0.4) is 0 Å². The first-order chi connectivity index (χ1) is 8.54. The predicted molar refractivity (Wildman–Crippen MR) is 71.5 cm³/mol. The zero-order chi connectivity index (χ0) is 13.3. The smallest absolute Gasteiger partial charge is 0.216 e. The van der Waals surface area contributed by atoms with Gasteiger partial charge in [-0.15, -0.1) is 0 Å². The highest BCUT2D eigenvalue weighted by atomic mass is 16.5. The van der Waals surface area contributed by atoms with Gasteiger partial charge in [0.2, 0.25) is 5.88 Å². The Morgan fingerprint density at radius 3 is 2.39 bits per heavy atom. The van der Waals surface area contributed by atoms with Crippen LogP contribution < -0.4 is 10.2 Å². The topological polar surface area (TPSA) is 44.0 Å². The third-order valence-corrected chi connectivity index (χ3v) is 3.17. The van der Waals surface area contributed by atoms with Gasteiger partial charge in [-0.2, -0.15) is 5.10 Å². The van der Waals surface area contributed by atoms with Crippen molar-refractivity contribution in [2.75, 3.05) is 12.5 Å². The normalized spacial score (nSPS) is 10.7. The minimum Gasteiger partial charge on any atom is -0.481 e. The van der Waals surface area contributed by atoms with Crippen LogP contribution in [0.5, 0.6) is 5.88 Å². The van der Waals surface area contributed by atoms with E-state index >= 15 is 0 Å². The molecular formula is C13H20N4O. The highest BCUT2D eigenvalue weighted by Crippen LogP contribution is 2.21. The fraction of sp³-hybridized carbons (Fsp3) is 0.462. The molecule has 0 fully saturated rings. The van der Waals surface area contributed by atoms with Crippen LogP contribution in [0.1, 0.15) is 22.6 Å². The molecule has 2 aromatic heterocycles. The van der Waals surface area contributed by atoms with Crippen LogP contribution in [0.25, 0.3) is 0 Å². The first-order valence-electron chi connectivity index (χ1n) is 6.00. The number of hydrogen-bond donors (Lipinski definition) is 1. The molecule has 0 spiro atoms. The number of nitrogens with zero attached hydrogens (tertiary/aromatic N) is 3. The average molecular weight is 248 g/mol. The molecular weight excluding hydrogens is 228 g/mol. The summed E-state index contributed by atoms with van der Waals surface area (Å²) in [5.41, 5.74) is 7.85. The third-order valence-electron chi connectivity index (χ3n) is 3.17. The van der Waals surface area contributed by atoms with Crippen molar-refractivity contribution in [3.8, 4) is 5.88 Å². The van der Waals surface area contributed by atoms with Gasteiger partial charge in [-0.3, -0.25) is 4.68 Å². The van der Waals surface area contributed by atoms with E-state index in [-0.39, 0.29) is 0 Å². The fourth-order valence-electron chi connectivity index (χ4n) is 2.22. The summed E-state index contributed by atoms with van der Waals surface area (Å²) in [6.07, 6.45) is 0. The number of rotatable bonds is 4. The molecule has 5 nitrogen and oxygen atoms in total. The lowest BCUT2D eigenvalue weighted by molar-refractivity contribution is 0.369. The van der Waals surface area contributed by atoms with Crippen LogP contribution in [0.15, 0.2) is 12.1 Å². The van der Waals surface area contributed by atoms with E-state index in [4.69, 9.17) is 4.74 Å². The van der Waals surface area contributed by atoms with Gasteiger partial charge in [0.25, 0.3) is 0 Å². The monoisotopic (exact) mass is 248 g/mol. The summed E-state index contributed by atoms with van der Waals surface area (Å²) in [7, 11) is 3.56. The largest absolute Gasteiger partial charge is 0.481 e. The summed E-state index contributed by atoms with van der Waals surface area (Å²) < 4.78 is 9.22. The van der Waals surface area contributed by atoms with Crippen LogP contribution in [0, 0.1) is 20.8 Å². The lowest BCUT2D eigenvalue weighted by Gasteiger charge is -2.13. The molecule has 0 atom stereocenters. The Morgan fingerprint density at radius 2 is 1.83 bits per heavy atom. The molecule has 0 aromatic carbocycles. The number of ether oxygens (including phenoxy) is 1. The fourth-order valence-corrected chi connectivity index (χ4v) is 2.22. The van der Waals surface area contributed by atoms with E-state index < -0.39 is 0 Å². The molecule has 0 aliphatic heterocycles. The van der Waals surface area contributed by atoms with Gasteiger partial charge in [0, 0.05) is 18.4 Å². The zero-order valence-corrected chi connectivity index (χ0v) is 11.6. The quantitative estimate of drug-likeness (QED) is 0.898. The molecule has 0 bridgehead atoms. The molecule has 2 rings (SSSR count). The summed E-state index contributed by atoms with van der Waals surface area (Å²) in [6, 6.07) is 4.19. The molecule has 98 valence electrons. The van der Waals surface area contributed by atoms with Crippen LogP contribution in [0.4, 0.5) is 0 Å². The SMILES string of the molecule is COc1c(CNn2c(C)ccc2C)c(C)nn1C. The molecule has 5 heteroatoms. The maximum absolute atomic E-state index is 5.38.